The van der Waals surface area contributed by atoms with Gasteiger partial charge in [0.25, 0.3) is 0 Å². The van der Waals surface area contributed by atoms with Gasteiger partial charge in [-0.25, -0.2) is 4.79 Å². The molecule has 8 nitrogen and oxygen atoms in total. The molecule has 0 radical (unpaired) electrons. The van der Waals surface area contributed by atoms with Crippen LogP contribution in [0.2, 0.25) is 0 Å². The lowest BCUT2D eigenvalue weighted by atomic mass is 10.0. The Balaban J connectivity index is 2.12. The van der Waals surface area contributed by atoms with Crippen molar-refractivity contribution in [2.45, 2.75) is 46.2 Å². The van der Waals surface area contributed by atoms with E-state index in [0.29, 0.717) is 5.75 Å². The van der Waals surface area contributed by atoms with E-state index in [9.17, 15) is 19.2 Å². The average Bonchev–Trinajstić information content (AvgIpc) is 3.16. The highest BCUT2D eigenvalue weighted by Gasteiger charge is 2.31. The summed E-state index contributed by atoms with van der Waals surface area (Å²) >= 11 is 1.07. The predicted octanol–water partition coefficient (Wildman–Crippen LogP) is 2.42. The molecule has 174 valence electrons. The van der Waals surface area contributed by atoms with Crippen molar-refractivity contribution in [2.75, 3.05) is 12.9 Å². The van der Waals surface area contributed by atoms with Crippen LogP contribution in [0.4, 0.5) is 0 Å². The van der Waals surface area contributed by atoms with Crippen molar-refractivity contribution in [3.05, 3.63) is 36.0 Å². The molecule has 0 aliphatic heterocycles. The number of esters is 1. The van der Waals surface area contributed by atoms with Crippen molar-refractivity contribution in [2.24, 2.45) is 11.8 Å². The number of H-pyrrole nitrogens is 1. The number of ether oxygens (including phenoxy) is 1. The topological polar surface area (TPSA) is 117 Å². The molecule has 0 aliphatic carbocycles. The quantitative estimate of drug-likeness (QED) is 0.468. The summed E-state index contributed by atoms with van der Waals surface area (Å²) in [5.41, 5.74) is 1.80. The molecule has 1 aromatic carbocycles. The molecule has 3 atom stereocenters. The number of para-hydroxylation sites is 1. The Bertz CT molecular complexity index is 971. The van der Waals surface area contributed by atoms with Gasteiger partial charge >= 0.3 is 5.97 Å². The van der Waals surface area contributed by atoms with E-state index in [1.807, 2.05) is 44.3 Å². The Morgan fingerprint density at radius 2 is 1.75 bits per heavy atom. The lowest BCUT2D eigenvalue weighted by Gasteiger charge is -2.25. The first kappa shape index (κ1) is 25.5. The van der Waals surface area contributed by atoms with Crippen molar-refractivity contribution < 1.29 is 23.9 Å². The first-order chi connectivity index (χ1) is 15.1. The molecule has 2 amide bonds. The zero-order valence-corrected chi connectivity index (χ0v) is 19.9. The third-order valence-electron chi connectivity index (χ3n) is 5.13. The molecule has 0 spiro atoms. The highest BCUT2D eigenvalue weighted by atomic mass is 32.2. The van der Waals surface area contributed by atoms with Crippen molar-refractivity contribution in [3.63, 3.8) is 0 Å². The number of benzene rings is 1. The standard InChI is InChI=1S/C23H31N3O5S/c1-13(2)20(26-21(28)14(3)12-32-15(4)27)22(29)25-19(23(30)31-5)10-16-11-24-18-9-7-6-8-17(16)18/h6-9,11,13-14,19-20,24H,10,12H2,1-5H3,(H,25,29)(H,26,28)/t14?,19-,20-/m0/s1. The Morgan fingerprint density at radius 3 is 2.38 bits per heavy atom. The van der Waals surface area contributed by atoms with E-state index in [1.165, 1.54) is 14.0 Å². The second kappa shape index (κ2) is 11.7. The summed E-state index contributed by atoms with van der Waals surface area (Å²) in [6, 6.07) is 5.95. The minimum absolute atomic E-state index is 0.0685. The molecule has 32 heavy (non-hydrogen) atoms. The van der Waals surface area contributed by atoms with Crippen molar-refractivity contribution in [1.82, 2.24) is 15.6 Å². The lowest BCUT2D eigenvalue weighted by Crippen LogP contribution is -2.55. The maximum atomic E-state index is 13.0. The largest absolute Gasteiger partial charge is 0.467 e. The number of aromatic amines is 1. The number of thioether (sulfide) groups is 1. The minimum Gasteiger partial charge on any atom is -0.467 e. The van der Waals surface area contributed by atoms with Crippen LogP contribution in [0, 0.1) is 11.8 Å². The van der Waals surface area contributed by atoms with Crippen molar-refractivity contribution in [3.8, 4) is 0 Å². The van der Waals surface area contributed by atoms with Crippen LogP contribution in [-0.4, -0.2) is 52.8 Å². The summed E-state index contributed by atoms with van der Waals surface area (Å²) in [6.45, 7) is 6.77. The Labute approximate surface area is 192 Å². The molecule has 1 aromatic heterocycles. The van der Waals surface area contributed by atoms with Gasteiger partial charge < -0.3 is 20.4 Å². The maximum absolute atomic E-state index is 13.0. The van der Waals surface area contributed by atoms with Crippen LogP contribution in [0.1, 0.15) is 33.3 Å². The van der Waals surface area contributed by atoms with Crippen LogP contribution < -0.4 is 10.6 Å². The molecule has 2 aromatic rings. The summed E-state index contributed by atoms with van der Waals surface area (Å²) in [7, 11) is 1.27. The SMILES string of the molecule is COC(=O)[C@H](Cc1c[nH]c2ccccc12)NC(=O)[C@@H](NC(=O)C(C)CSC(C)=O)C(C)C. The van der Waals surface area contributed by atoms with E-state index in [1.54, 1.807) is 6.92 Å². The van der Waals surface area contributed by atoms with Crippen LogP contribution in [-0.2, 0) is 30.3 Å². The molecular formula is C23H31N3O5S. The molecule has 0 saturated carbocycles. The maximum Gasteiger partial charge on any atom is 0.328 e. The number of aromatic nitrogens is 1. The highest BCUT2D eigenvalue weighted by Crippen LogP contribution is 2.19. The molecule has 3 N–H and O–H groups in total. The smallest absolute Gasteiger partial charge is 0.328 e. The van der Waals surface area contributed by atoms with Gasteiger partial charge in [0.2, 0.25) is 11.8 Å². The third-order valence-corrected chi connectivity index (χ3v) is 6.21. The van der Waals surface area contributed by atoms with Crippen molar-refractivity contribution >= 4 is 45.6 Å². The summed E-state index contributed by atoms with van der Waals surface area (Å²) < 4.78 is 4.90. The number of hydrogen-bond donors (Lipinski definition) is 3. The van der Waals surface area contributed by atoms with Crippen LogP contribution >= 0.6 is 11.8 Å². The zero-order valence-electron chi connectivity index (χ0n) is 19.1. The highest BCUT2D eigenvalue weighted by molar-refractivity contribution is 8.13. The van der Waals surface area contributed by atoms with Crippen LogP contribution in [0.25, 0.3) is 10.9 Å². The molecular weight excluding hydrogens is 430 g/mol. The molecule has 0 saturated heterocycles. The van der Waals surface area contributed by atoms with Crippen LogP contribution in [0.5, 0.6) is 0 Å². The third kappa shape index (κ3) is 6.85. The van der Waals surface area contributed by atoms with Crippen LogP contribution in [0.15, 0.2) is 30.5 Å². The first-order valence-electron chi connectivity index (χ1n) is 10.5. The second-order valence-corrected chi connectivity index (χ2v) is 9.28. The normalized spacial score (nSPS) is 13.9. The predicted molar refractivity (Wildman–Crippen MR) is 125 cm³/mol. The second-order valence-electron chi connectivity index (χ2n) is 8.08. The minimum atomic E-state index is -0.907. The van der Waals surface area contributed by atoms with Gasteiger partial charge in [0.15, 0.2) is 5.12 Å². The Morgan fingerprint density at radius 1 is 1.06 bits per heavy atom. The summed E-state index contributed by atoms with van der Waals surface area (Å²) in [6.07, 6.45) is 2.05. The summed E-state index contributed by atoms with van der Waals surface area (Å²) in [5, 5.41) is 6.39. The molecule has 9 heteroatoms. The van der Waals surface area contributed by atoms with E-state index in [2.05, 4.69) is 15.6 Å². The van der Waals surface area contributed by atoms with Gasteiger partial charge in [0.05, 0.1) is 7.11 Å². The molecule has 0 fully saturated rings. The van der Waals surface area contributed by atoms with Gasteiger partial charge in [-0.15, -0.1) is 0 Å². The number of carbonyl (C=O) groups is 4. The molecule has 2 rings (SSSR count). The van der Waals surface area contributed by atoms with E-state index < -0.39 is 29.9 Å². The van der Waals surface area contributed by atoms with E-state index >= 15 is 0 Å². The fraction of sp³-hybridized carbons (Fsp3) is 0.478. The van der Waals surface area contributed by atoms with Gasteiger partial charge in [-0.05, 0) is 17.5 Å². The summed E-state index contributed by atoms with van der Waals surface area (Å²) in [5.74, 6) is -1.67. The van der Waals surface area contributed by atoms with Gasteiger partial charge in [0.1, 0.15) is 12.1 Å². The average molecular weight is 462 g/mol. The van der Waals surface area contributed by atoms with Crippen molar-refractivity contribution in [1.29, 1.82) is 0 Å². The fourth-order valence-electron chi connectivity index (χ4n) is 3.27. The fourth-order valence-corrected chi connectivity index (χ4v) is 3.90. The number of amides is 2. The molecule has 0 bridgehead atoms. The number of carbonyl (C=O) groups excluding carboxylic acids is 4. The van der Waals surface area contributed by atoms with Crippen LogP contribution in [0.3, 0.4) is 0 Å². The number of fused-ring (bicyclic) bond motifs is 1. The monoisotopic (exact) mass is 461 g/mol. The van der Waals surface area contributed by atoms with E-state index in [0.717, 1.165) is 28.2 Å². The molecule has 0 aliphatic rings. The van der Waals surface area contributed by atoms with E-state index in [-0.39, 0.29) is 23.4 Å². The Kier molecular flexibility index (Phi) is 9.31. The molecule has 1 unspecified atom stereocenters. The van der Waals surface area contributed by atoms with Gasteiger partial charge in [-0.3, -0.25) is 14.4 Å². The molecule has 1 heterocycles. The van der Waals surface area contributed by atoms with Gasteiger partial charge in [-0.2, -0.15) is 0 Å². The number of hydrogen-bond acceptors (Lipinski definition) is 6. The number of methoxy groups -OCH3 is 1. The number of rotatable bonds is 10. The number of nitrogens with one attached hydrogen (secondary N) is 3. The van der Waals surface area contributed by atoms with Gasteiger partial charge in [-0.1, -0.05) is 50.7 Å². The summed E-state index contributed by atoms with van der Waals surface area (Å²) in [4.78, 5) is 52.3. The van der Waals surface area contributed by atoms with Gasteiger partial charge in [0, 0.05) is 42.1 Å². The first-order valence-corrected chi connectivity index (χ1v) is 11.5. The Hall–Kier alpha value is -2.81. The lowest BCUT2D eigenvalue weighted by molar-refractivity contribution is -0.145. The zero-order chi connectivity index (χ0) is 23.8. The van der Waals surface area contributed by atoms with E-state index in [4.69, 9.17) is 4.74 Å².